The minimum atomic E-state index is 0. The van der Waals surface area contributed by atoms with Crippen LogP contribution in [0.5, 0.6) is 0 Å². The summed E-state index contributed by atoms with van der Waals surface area (Å²) >= 11 is 2.26. The predicted molar refractivity (Wildman–Crippen MR) is 125 cm³/mol. The van der Waals surface area contributed by atoms with Gasteiger partial charge >= 0.3 is 188 Å². The van der Waals surface area contributed by atoms with Gasteiger partial charge in [-0.25, -0.2) is 0 Å². The quantitative estimate of drug-likeness (QED) is 0.0995. The second kappa shape index (κ2) is 24.6. The van der Waals surface area contributed by atoms with Crippen LogP contribution in [-0.2, 0) is 33.9 Å². The second-order valence-corrected chi connectivity index (χ2v) is 10.5. The van der Waals surface area contributed by atoms with Crippen molar-refractivity contribution in [2.45, 2.75) is 103 Å². The van der Waals surface area contributed by atoms with E-state index in [9.17, 15) is 0 Å². The first kappa shape index (κ1) is 33.1. The fourth-order valence-corrected chi connectivity index (χ4v) is 5.30. The Bertz CT molecular complexity index is 306. The Hall–Kier alpha value is 0.957. The summed E-state index contributed by atoms with van der Waals surface area (Å²) in [6.07, 6.45) is 9.42. The summed E-state index contributed by atoms with van der Waals surface area (Å²) in [5.74, 6) is 1.51. The Labute approximate surface area is 206 Å². The van der Waals surface area contributed by atoms with Crippen molar-refractivity contribution in [2.75, 3.05) is 40.0 Å². The van der Waals surface area contributed by atoms with Crippen LogP contribution in [0.3, 0.4) is 0 Å². The first-order valence-corrected chi connectivity index (χ1v) is 12.9. The van der Waals surface area contributed by atoms with E-state index in [0.717, 1.165) is 63.9 Å². The van der Waals surface area contributed by atoms with E-state index in [4.69, 9.17) is 18.9 Å². The van der Waals surface area contributed by atoms with Gasteiger partial charge in [0.25, 0.3) is 0 Å². The summed E-state index contributed by atoms with van der Waals surface area (Å²) in [4.78, 5) is 1.42. The van der Waals surface area contributed by atoms with Crippen LogP contribution in [0.2, 0.25) is 9.63 Å². The van der Waals surface area contributed by atoms with Gasteiger partial charge in [0, 0.05) is 18.9 Å². The fourth-order valence-electron chi connectivity index (χ4n) is 3.37. The molecule has 0 rings (SSSR count). The van der Waals surface area contributed by atoms with Crippen molar-refractivity contribution < 1.29 is 33.9 Å². The summed E-state index contributed by atoms with van der Waals surface area (Å²) in [7, 11) is 0. The van der Waals surface area contributed by atoms with Crippen molar-refractivity contribution in [3.63, 3.8) is 0 Å². The number of ether oxygens (including phenoxy) is 4. The molecule has 1 radical (unpaired) electrons. The normalized spacial score (nSPS) is 15.5. The van der Waals surface area contributed by atoms with Gasteiger partial charge in [-0.15, -0.1) is 0 Å². The Morgan fingerprint density at radius 3 is 1.33 bits per heavy atom. The zero-order chi connectivity index (χ0) is 21.7. The van der Waals surface area contributed by atoms with Crippen LogP contribution in [0, 0.1) is 11.8 Å². The molecule has 0 saturated heterocycles. The molecule has 0 aliphatic heterocycles. The third-order valence-electron chi connectivity index (χ3n) is 4.76. The molecule has 0 N–H and O–H groups in total. The molecular weight excluding hydrogens is 423 g/mol. The number of hydrogen-bond donors (Lipinski definition) is 0. The molecule has 30 heavy (non-hydrogen) atoms. The van der Waals surface area contributed by atoms with Crippen molar-refractivity contribution in [1.82, 2.24) is 0 Å². The number of hydrogen-bond acceptors (Lipinski definition) is 4. The molecule has 0 aromatic heterocycles. The van der Waals surface area contributed by atoms with Gasteiger partial charge in [0.1, 0.15) is 0 Å². The molecule has 4 unspecified atom stereocenters. The van der Waals surface area contributed by atoms with Gasteiger partial charge in [-0.2, -0.15) is 0 Å². The molecule has 0 aromatic rings. The summed E-state index contributed by atoms with van der Waals surface area (Å²) in [6.45, 7) is 17.9. The molecule has 4 atom stereocenters. The van der Waals surface area contributed by atoms with Crippen molar-refractivity contribution >= 4 is 18.9 Å². The zero-order valence-electron chi connectivity index (χ0n) is 21.1. The predicted octanol–water partition coefficient (Wildman–Crippen LogP) is 6.72. The van der Waals surface area contributed by atoms with Crippen LogP contribution in [0.4, 0.5) is 0 Å². The van der Waals surface area contributed by atoms with Crippen LogP contribution in [0.15, 0.2) is 0 Å². The molecule has 0 amide bonds. The Morgan fingerprint density at radius 2 is 0.967 bits per heavy atom. The van der Waals surface area contributed by atoms with Crippen molar-refractivity contribution in [3.8, 4) is 0 Å². The molecule has 0 heterocycles. The summed E-state index contributed by atoms with van der Waals surface area (Å²) in [6, 6.07) is 0. The molecule has 182 valence electrons. The Balaban J connectivity index is 0. The maximum absolute atomic E-state index is 5.52. The molecular formula is C24H50CuLiO4. The van der Waals surface area contributed by atoms with Crippen molar-refractivity contribution in [1.29, 1.82) is 0 Å². The summed E-state index contributed by atoms with van der Waals surface area (Å²) in [5, 5.41) is 0. The molecule has 0 spiro atoms. The van der Waals surface area contributed by atoms with E-state index in [0.29, 0.717) is 23.2 Å². The molecule has 0 saturated carbocycles. The monoisotopic (exact) mass is 472 g/mol. The van der Waals surface area contributed by atoms with Gasteiger partial charge in [0.05, 0.1) is 0 Å². The molecule has 0 aliphatic carbocycles. The van der Waals surface area contributed by atoms with E-state index in [1.807, 2.05) is 0 Å². The minimum Gasteiger partial charge on any atom is 0 e. The maximum atomic E-state index is 5.52. The molecule has 4 nitrogen and oxygen atoms in total. The smallest absolute Gasteiger partial charge is 0 e. The van der Waals surface area contributed by atoms with Gasteiger partial charge in [0.15, 0.2) is 0 Å². The molecule has 0 bridgehead atoms. The van der Waals surface area contributed by atoms with Gasteiger partial charge < -0.3 is 0 Å². The SMILES string of the molecule is CCCOCOCCCC(C)C[CH](C)[Cu][CH](C)CC(C)CCCOCOCCC.[Li]. The van der Waals surface area contributed by atoms with E-state index < -0.39 is 0 Å². The minimum absolute atomic E-state index is 0. The summed E-state index contributed by atoms with van der Waals surface area (Å²) in [5.41, 5.74) is 0. The third kappa shape index (κ3) is 23.6. The van der Waals surface area contributed by atoms with Gasteiger partial charge in [0.2, 0.25) is 0 Å². The van der Waals surface area contributed by atoms with Crippen LogP contribution in [0.1, 0.15) is 92.9 Å². The number of rotatable bonds is 22. The Kier molecular flexibility index (Phi) is 27.2. The molecule has 0 fully saturated rings. The van der Waals surface area contributed by atoms with E-state index >= 15 is 0 Å². The van der Waals surface area contributed by atoms with E-state index in [1.165, 1.54) is 25.7 Å². The van der Waals surface area contributed by atoms with Crippen LogP contribution in [0.25, 0.3) is 0 Å². The average Bonchev–Trinajstić information content (AvgIpc) is 2.66. The van der Waals surface area contributed by atoms with Crippen LogP contribution < -0.4 is 0 Å². The molecule has 6 heteroatoms. The van der Waals surface area contributed by atoms with Crippen molar-refractivity contribution in [2.24, 2.45) is 11.8 Å². The summed E-state index contributed by atoms with van der Waals surface area (Å²) < 4.78 is 21.7. The van der Waals surface area contributed by atoms with Crippen molar-refractivity contribution in [3.05, 3.63) is 0 Å². The van der Waals surface area contributed by atoms with Gasteiger partial charge in [-0.1, -0.05) is 0 Å². The Morgan fingerprint density at radius 1 is 0.600 bits per heavy atom. The van der Waals surface area contributed by atoms with E-state index in [1.54, 1.807) is 0 Å². The second-order valence-electron chi connectivity index (χ2n) is 8.35. The first-order chi connectivity index (χ1) is 14.0. The van der Waals surface area contributed by atoms with Gasteiger partial charge in [-0.3, -0.25) is 0 Å². The molecule has 0 aliphatic rings. The fraction of sp³-hybridized carbons (Fsp3) is 1.00. The van der Waals surface area contributed by atoms with Gasteiger partial charge in [-0.05, 0) is 0 Å². The molecule has 0 aromatic carbocycles. The standard InChI is InChI=1S/2C12H25O2.Cu.Li/c2*1-4-7-12(3)8-6-10-14-11-13-9-5-2;;/h2*4,12H,5-11H2,1-3H3;;. The zero-order valence-corrected chi connectivity index (χ0v) is 22.1. The third-order valence-corrected chi connectivity index (χ3v) is 6.28. The average molecular weight is 473 g/mol. The topological polar surface area (TPSA) is 36.9 Å². The van der Waals surface area contributed by atoms with E-state index in [2.05, 4.69) is 56.5 Å². The van der Waals surface area contributed by atoms with Crippen LogP contribution >= 0.6 is 0 Å². The van der Waals surface area contributed by atoms with Crippen LogP contribution in [-0.4, -0.2) is 58.9 Å². The first-order valence-electron chi connectivity index (χ1n) is 11.8. The van der Waals surface area contributed by atoms with E-state index in [-0.39, 0.29) is 18.9 Å².